The number of benzene rings is 3. The van der Waals surface area contributed by atoms with Gasteiger partial charge in [0.2, 0.25) is 0 Å². The standard InChI is InChI=1S/C22H20Cl3N3O4.C22H22Cl2N4O4.C19H18Cl2N4O4/c2*1-22(2)31-17-16(15-12-8-14(24)13(23)7-10(12)4-6-29-15)30-21(18(17)32-22)28-5-3-11-19(25)26-9-27-20(11)28;20-11-5-8-2-4-28-15(10(8)6-12(11)21)16-13(26)14(27)19(29-16)25-3-1-9-17(22)23-7-24-18(9)25/h3,5,7-9,15-18,21H,4,6H2,1-2H3;3,5,7-9,15-18,21H,4,6H2,1-2H3,(H2,25,26,27);1,3,5-7,13-16,19,26-27H,2,4H2,(H2,22,23,24)/t2*15-,16-,17-,18-,21-;13-,14+,15+,16-,19+/m110/s1. The SMILES string of the molecule is CC1(C)O[C@H]2[C@@H](O1)[C@H](n1ccc3c(Cl)ncnc31)O[C@@H]2[C@@H]1OCCc2cc(Cl)c(Cl)cc21.CC1(C)O[C@H]2[C@@H](O1)[C@H](n1ccc3c(N)ncnc31)O[C@@H]2[C@@H]1OCCc2cc(Cl)c(Cl)cc21.Nc1ncnc2c1ccn2[C@@H]1O[C@H]([C@@H]2OCCc3cc(Cl)c(Cl)cc32)[C@@H](O)[C@H]1O. The molecule has 5 fully saturated rings. The van der Waals surface area contributed by atoms with Gasteiger partial charge >= 0.3 is 0 Å². The number of rotatable bonds is 6. The summed E-state index contributed by atoms with van der Waals surface area (Å²) in [5, 5.41) is 26.9. The van der Waals surface area contributed by atoms with Crippen molar-refractivity contribution in [2.45, 2.75) is 150 Å². The maximum atomic E-state index is 10.8. The minimum absolute atomic E-state index is 0.328. The summed E-state index contributed by atoms with van der Waals surface area (Å²) in [7, 11) is 0. The highest BCUT2D eigenvalue weighted by atomic mass is 35.5. The molecule has 488 valence electrons. The number of nitrogens with two attached hydrogens (primary N) is 2. The molecule has 0 saturated carbocycles. The van der Waals surface area contributed by atoms with E-state index in [4.69, 9.17) is 140 Å². The van der Waals surface area contributed by atoms with Gasteiger partial charge in [0.15, 0.2) is 30.3 Å². The average molecular weight is 1410 g/mol. The molecule has 23 nitrogen and oxygen atoms in total. The topological polar surface area (TPSA) is 277 Å². The predicted octanol–water partition coefficient (Wildman–Crippen LogP) is 11.4. The summed E-state index contributed by atoms with van der Waals surface area (Å²) in [6, 6.07) is 16.6. The van der Waals surface area contributed by atoms with E-state index in [1.807, 2.05) is 91.7 Å². The Morgan fingerprint density at radius 3 is 1.19 bits per heavy atom. The zero-order chi connectivity index (χ0) is 64.7. The van der Waals surface area contributed by atoms with Gasteiger partial charge in [-0.3, -0.25) is 0 Å². The van der Waals surface area contributed by atoms with Crippen LogP contribution in [0.25, 0.3) is 33.1 Å². The number of ether oxygens (including phenoxy) is 10. The number of halogens is 7. The minimum atomic E-state index is -1.19. The first kappa shape index (κ1) is 63.7. The second-order valence-electron chi connectivity index (χ2n) is 24.7. The number of anilines is 2. The monoisotopic (exact) mass is 1410 g/mol. The molecule has 9 aromatic rings. The van der Waals surface area contributed by atoms with E-state index in [-0.39, 0.29) is 36.6 Å². The van der Waals surface area contributed by atoms with Crippen molar-refractivity contribution in [1.29, 1.82) is 0 Å². The van der Waals surface area contributed by atoms with E-state index >= 15 is 0 Å². The summed E-state index contributed by atoms with van der Waals surface area (Å²) in [6.45, 7) is 9.16. The molecule has 8 aliphatic heterocycles. The van der Waals surface area contributed by atoms with Crippen LogP contribution in [0.3, 0.4) is 0 Å². The zero-order valence-electron chi connectivity index (χ0n) is 49.9. The Labute approximate surface area is 566 Å². The first-order chi connectivity index (χ1) is 44.6. The van der Waals surface area contributed by atoms with Crippen molar-refractivity contribution in [2.24, 2.45) is 0 Å². The van der Waals surface area contributed by atoms with E-state index in [1.165, 1.54) is 19.0 Å². The summed E-state index contributed by atoms with van der Waals surface area (Å²) in [4.78, 5) is 25.2. The molecular formula is C63H60Cl7N11O12. The zero-order valence-corrected chi connectivity index (χ0v) is 55.2. The fraction of sp³-hybridized carbons (Fsp3) is 0.429. The molecule has 0 aliphatic carbocycles. The Morgan fingerprint density at radius 2 is 0.763 bits per heavy atom. The van der Waals surface area contributed by atoms with Crippen LogP contribution in [0.2, 0.25) is 35.3 Å². The smallest absolute Gasteiger partial charge is 0.164 e. The lowest BCUT2D eigenvalue weighted by Gasteiger charge is -2.33. The van der Waals surface area contributed by atoms with E-state index < -0.39 is 66.9 Å². The van der Waals surface area contributed by atoms with Crippen molar-refractivity contribution >= 4 is 126 Å². The van der Waals surface area contributed by atoms with Gasteiger partial charge in [-0.05, 0) is 135 Å². The largest absolute Gasteiger partial charge is 0.387 e. The fourth-order valence-corrected chi connectivity index (χ4v) is 15.3. The maximum absolute atomic E-state index is 10.8. The molecule has 0 unspecified atom stereocenters. The molecule has 30 heteroatoms. The predicted molar refractivity (Wildman–Crippen MR) is 344 cm³/mol. The highest BCUT2D eigenvalue weighted by Crippen LogP contribution is 2.53. The molecule has 93 heavy (non-hydrogen) atoms. The molecule has 14 heterocycles. The first-order valence-electron chi connectivity index (χ1n) is 30.0. The Hall–Kier alpha value is -5.33. The van der Waals surface area contributed by atoms with E-state index in [9.17, 15) is 10.2 Å². The molecule has 0 spiro atoms. The highest BCUT2D eigenvalue weighted by Gasteiger charge is 2.61. The number of aromatic nitrogens is 9. The molecule has 8 aliphatic rings. The fourth-order valence-electron chi connectivity index (χ4n) is 14.1. The number of hydrogen-bond acceptors (Lipinski definition) is 20. The Kier molecular flexibility index (Phi) is 16.9. The molecule has 3 aromatic carbocycles. The number of hydrogen-bond donors (Lipinski definition) is 4. The van der Waals surface area contributed by atoms with E-state index in [1.54, 1.807) is 22.9 Å². The van der Waals surface area contributed by atoms with Crippen LogP contribution >= 0.6 is 81.2 Å². The number of fused-ring (bicyclic) bond motifs is 8. The summed E-state index contributed by atoms with van der Waals surface area (Å²) < 4.78 is 68.3. The third kappa shape index (κ3) is 11.4. The van der Waals surface area contributed by atoms with Gasteiger partial charge in [0, 0.05) is 18.6 Å². The van der Waals surface area contributed by atoms with Gasteiger partial charge in [-0.15, -0.1) is 0 Å². The maximum Gasteiger partial charge on any atom is 0.164 e. The second kappa shape index (κ2) is 24.6. The van der Waals surface area contributed by atoms with Crippen LogP contribution in [-0.2, 0) is 66.6 Å². The molecule has 17 rings (SSSR count). The van der Waals surface area contributed by atoms with Crippen molar-refractivity contribution in [3.63, 3.8) is 0 Å². The molecule has 6 aromatic heterocycles. The normalized spacial score (nSPS) is 30.5. The second-order valence-corrected chi connectivity index (χ2v) is 27.5. The number of aliphatic hydroxyl groups is 2. The summed E-state index contributed by atoms with van der Waals surface area (Å²) in [6.07, 6.45) is 3.30. The summed E-state index contributed by atoms with van der Waals surface area (Å²) >= 11 is 43.8. The molecule has 0 radical (unpaired) electrons. The lowest BCUT2D eigenvalue weighted by molar-refractivity contribution is -0.212. The third-order valence-electron chi connectivity index (χ3n) is 18.1. The Bertz CT molecular complexity index is 4200. The van der Waals surface area contributed by atoms with Gasteiger partial charge < -0.3 is 82.8 Å². The molecule has 6 N–H and O–H groups in total. The van der Waals surface area contributed by atoms with Crippen molar-refractivity contribution in [3.05, 3.63) is 161 Å². The third-order valence-corrected chi connectivity index (χ3v) is 20.6. The Morgan fingerprint density at radius 1 is 0.419 bits per heavy atom. The van der Waals surface area contributed by atoms with Crippen LogP contribution in [0.4, 0.5) is 11.6 Å². The molecule has 0 amide bonds. The van der Waals surface area contributed by atoms with Crippen LogP contribution in [-0.4, -0.2) is 140 Å². The van der Waals surface area contributed by atoms with E-state index in [0.717, 1.165) is 57.0 Å². The van der Waals surface area contributed by atoms with Crippen molar-refractivity contribution in [3.8, 4) is 0 Å². The number of nitrogens with zero attached hydrogens (tertiary/aromatic N) is 9. The van der Waals surface area contributed by atoms with Gasteiger partial charge in [-0.25, -0.2) is 29.9 Å². The van der Waals surface area contributed by atoms with Gasteiger partial charge in [-0.2, -0.15) is 0 Å². The van der Waals surface area contributed by atoms with E-state index in [2.05, 4.69) is 29.9 Å². The number of aliphatic hydroxyl groups excluding tert-OH is 2. The minimum Gasteiger partial charge on any atom is -0.387 e. The molecule has 5 saturated heterocycles. The van der Waals surface area contributed by atoms with Gasteiger partial charge in [0.05, 0.1) is 66.1 Å². The van der Waals surface area contributed by atoms with Crippen LogP contribution in [0, 0.1) is 0 Å². The average Bonchev–Trinajstić information content (AvgIpc) is 1.61. The van der Waals surface area contributed by atoms with Crippen molar-refractivity contribution < 1.29 is 57.6 Å². The van der Waals surface area contributed by atoms with Gasteiger partial charge in [0.1, 0.15) is 126 Å². The molecular weight excluding hydrogens is 1350 g/mol. The van der Waals surface area contributed by atoms with Crippen molar-refractivity contribution in [2.75, 3.05) is 31.3 Å². The number of nitrogen functional groups attached to an aromatic ring is 2. The van der Waals surface area contributed by atoms with Crippen LogP contribution < -0.4 is 11.5 Å². The lowest BCUT2D eigenvalue weighted by Crippen LogP contribution is -2.37. The Balaban J connectivity index is 0.000000116. The quantitative estimate of drug-likeness (QED) is 0.113. The van der Waals surface area contributed by atoms with Crippen LogP contribution in [0.15, 0.2) is 92.2 Å². The lowest BCUT2D eigenvalue weighted by atomic mass is 9.92. The summed E-state index contributed by atoms with van der Waals surface area (Å²) in [5.74, 6) is -0.781. The molecule has 15 atom stereocenters. The summed E-state index contributed by atoms with van der Waals surface area (Å²) in [5.41, 5.74) is 19.7. The van der Waals surface area contributed by atoms with Crippen LogP contribution in [0.1, 0.15) is 98.1 Å². The van der Waals surface area contributed by atoms with Crippen molar-refractivity contribution in [1.82, 2.24) is 43.6 Å². The van der Waals surface area contributed by atoms with Crippen LogP contribution in [0.5, 0.6) is 0 Å². The van der Waals surface area contributed by atoms with Gasteiger partial charge in [-0.1, -0.05) is 81.2 Å². The molecule has 0 bridgehead atoms. The van der Waals surface area contributed by atoms with Gasteiger partial charge in [0.25, 0.3) is 0 Å². The van der Waals surface area contributed by atoms with E-state index in [0.29, 0.717) is 95.5 Å². The first-order valence-corrected chi connectivity index (χ1v) is 32.7. The highest BCUT2D eigenvalue weighted by molar-refractivity contribution is 6.43.